The topological polar surface area (TPSA) is 106 Å². The molecule has 0 heterocycles. The second-order valence-electron chi connectivity index (χ2n) is 7.81. The summed E-state index contributed by atoms with van der Waals surface area (Å²) in [6, 6.07) is 14.2. The number of para-hydroxylation sites is 3. The first-order valence-electron chi connectivity index (χ1n) is 9.95. The zero-order valence-electron chi connectivity index (χ0n) is 18.3. The summed E-state index contributed by atoms with van der Waals surface area (Å²) < 4.78 is 10.4. The van der Waals surface area contributed by atoms with Gasteiger partial charge in [-0.25, -0.2) is 4.79 Å². The number of benzene rings is 2. The average molecular weight is 428 g/mol. The Morgan fingerprint density at radius 1 is 0.871 bits per heavy atom. The highest BCUT2D eigenvalue weighted by Gasteiger charge is 2.16. The molecular weight excluding hydrogens is 398 g/mol. The molecule has 0 saturated heterocycles. The third-order valence-corrected chi connectivity index (χ3v) is 4.04. The van der Waals surface area contributed by atoms with Gasteiger partial charge in [0.2, 0.25) is 11.8 Å². The van der Waals surface area contributed by atoms with Crippen LogP contribution in [0.1, 0.15) is 32.8 Å². The van der Waals surface area contributed by atoms with Crippen molar-refractivity contribution in [2.45, 2.75) is 39.2 Å². The molecule has 3 N–H and O–H groups in total. The van der Waals surface area contributed by atoms with Crippen LogP contribution in [0.3, 0.4) is 0 Å². The van der Waals surface area contributed by atoms with E-state index < -0.39 is 11.7 Å². The van der Waals surface area contributed by atoms with Crippen LogP contribution < -0.4 is 20.7 Å². The molecule has 0 radical (unpaired) electrons. The molecule has 0 spiro atoms. The van der Waals surface area contributed by atoms with Gasteiger partial charge in [0.15, 0.2) is 0 Å². The number of alkyl carbamates (subject to hydrolysis) is 1. The van der Waals surface area contributed by atoms with Gasteiger partial charge >= 0.3 is 6.09 Å². The van der Waals surface area contributed by atoms with E-state index in [-0.39, 0.29) is 31.2 Å². The van der Waals surface area contributed by atoms with Crippen LogP contribution in [0.4, 0.5) is 16.2 Å². The van der Waals surface area contributed by atoms with E-state index in [1.165, 1.54) is 0 Å². The number of ether oxygens (including phenoxy) is 2. The van der Waals surface area contributed by atoms with Gasteiger partial charge in [-0.2, -0.15) is 0 Å². The first kappa shape index (κ1) is 23.7. The molecular formula is C23H29N3O5. The summed E-state index contributed by atoms with van der Waals surface area (Å²) in [5.41, 5.74) is 1.11. The van der Waals surface area contributed by atoms with E-state index in [1.54, 1.807) is 58.2 Å². The number of anilines is 2. The van der Waals surface area contributed by atoms with Gasteiger partial charge in [0.05, 0.1) is 24.9 Å². The molecule has 0 saturated carbocycles. The van der Waals surface area contributed by atoms with Gasteiger partial charge in [0.1, 0.15) is 11.4 Å². The van der Waals surface area contributed by atoms with Crippen molar-refractivity contribution >= 4 is 29.3 Å². The standard InChI is InChI=1S/C23H29N3O5/c1-23(2,3)31-22(29)24-14-13-20(27)25-17-10-6-7-11-18(17)26-21(28)15-16-9-5-8-12-19(16)30-4/h5-12H,13-15H2,1-4H3,(H,24,29)(H,25,27)(H,26,28). The molecule has 8 heteroatoms. The number of rotatable bonds is 8. The lowest BCUT2D eigenvalue weighted by molar-refractivity contribution is -0.116. The van der Waals surface area contributed by atoms with Gasteiger partial charge in [0, 0.05) is 18.5 Å². The van der Waals surface area contributed by atoms with Crippen LogP contribution >= 0.6 is 0 Å². The van der Waals surface area contributed by atoms with Crippen LogP contribution in [-0.4, -0.2) is 37.2 Å². The molecule has 0 aromatic heterocycles. The van der Waals surface area contributed by atoms with Crippen molar-refractivity contribution in [3.63, 3.8) is 0 Å². The van der Waals surface area contributed by atoms with Gasteiger partial charge < -0.3 is 25.4 Å². The fourth-order valence-corrected chi connectivity index (χ4v) is 2.72. The quantitative estimate of drug-likeness (QED) is 0.595. The minimum Gasteiger partial charge on any atom is -0.496 e. The van der Waals surface area contributed by atoms with Crippen LogP contribution in [0, 0.1) is 0 Å². The lowest BCUT2D eigenvalue weighted by Gasteiger charge is -2.19. The molecule has 166 valence electrons. The predicted molar refractivity (Wildman–Crippen MR) is 119 cm³/mol. The zero-order valence-corrected chi connectivity index (χ0v) is 18.3. The summed E-state index contributed by atoms with van der Waals surface area (Å²) in [7, 11) is 1.55. The predicted octanol–water partition coefficient (Wildman–Crippen LogP) is 3.73. The molecule has 3 amide bonds. The molecule has 2 rings (SSSR count). The molecule has 8 nitrogen and oxygen atoms in total. The summed E-state index contributed by atoms with van der Waals surface area (Å²) >= 11 is 0. The van der Waals surface area contributed by atoms with E-state index in [2.05, 4.69) is 16.0 Å². The fraction of sp³-hybridized carbons (Fsp3) is 0.348. The van der Waals surface area contributed by atoms with Crippen molar-refractivity contribution in [1.82, 2.24) is 5.32 Å². The molecule has 2 aromatic carbocycles. The van der Waals surface area contributed by atoms with Crippen LogP contribution in [0.25, 0.3) is 0 Å². The number of hydrogen-bond donors (Lipinski definition) is 3. The number of methoxy groups -OCH3 is 1. The van der Waals surface area contributed by atoms with Crippen LogP contribution in [0.15, 0.2) is 48.5 Å². The van der Waals surface area contributed by atoms with Crippen molar-refractivity contribution in [2.75, 3.05) is 24.3 Å². The lowest BCUT2D eigenvalue weighted by atomic mass is 10.1. The van der Waals surface area contributed by atoms with E-state index in [0.717, 1.165) is 5.56 Å². The first-order valence-corrected chi connectivity index (χ1v) is 9.95. The second-order valence-corrected chi connectivity index (χ2v) is 7.81. The van der Waals surface area contributed by atoms with E-state index in [4.69, 9.17) is 9.47 Å². The molecule has 0 aliphatic heterocycles. The lowest BCUT2D eigenvalue weighted by Crippen LogP contribution is -2.34. The number of hydrogen-bond acceptors (Lipinski definition) is 5. The molecule has 0 atom stereocenters. The summed E-state index contributed by atoms with van der Waals surface area (Å²) in [6.07, 6.45) is -0.390. The molecule has 0 unspecified atom stereocenters. The highest BCUT2D eigenvalue weighted by Crippen LogP contribution is 2.23. The van der Waals surface area contributed by atoms with Crippen molar-refractivity contribution < 1.29 is 23.9 Å². The number of amides is 3. The van der Waals surface area contributed by atoms with Gasteiger partial charge in [0.25, 0.3) is 0 Å². The highest BCUT2D eigenvalue weighted by atomic mass is 16.6. The van der Waals surface area contributed by atoms with Crippen LogP contribution in [0.5, 0.6) is 5.75 Å². The third-order valence-electron chi connectivity index (χ3n) is 4.04. The Kier molecular flexibility index (Phi) is 8.43. The molecule has 0 fully saturated rings. The minimum atomic E-state index is -0.604. The normalized spacial score (nSPS) is 10.7. The molecule has 0 bridgehead atoms. The minimum absolute atomic E-state index is 0.0583. The Morgan fingerprint density at radius 3 is 2.06 bits per heavy atom. The summed E-state index contributed by atoms with van der Waals surface area (Å²) in [6.45, 7) is 5.41. The summed E-state index contributed by atoms with van der Waals surface area (Å²) in [5.74, 6) is 0.0944. The van der Waals surface area contributed by atoms with Gasteiger partial charge in [-0.3, -0.25) is 9.59 Å². The Bertz CT molecular complexity index is 921. The van der Waals surface area contributed by atoms with E-state index >= 15 is 0 Å². The maximum Gasteiger partial charge on any atom is 0.407 e. The van der Waals surface area contributed by atoms with Gasteiger partial charge in [-0.1, -0.05) is 30.3 Å². The summed E-state index contributed by atoms with van der Waals surface area (Å²) in [5, 5.41) is 8.11. The van der Waals surface area contributed by atoms with E-state index in [9.17, 15) is 14.4 Å². The van der Waals surface area contributed by atoms with Gasteiger partial charge in [-0.15, -0.1) is 0 Å². The van der Waals surface area contributed by atoms with Crippen LogP contribution in [-0.2, 0) is 20.7 Å². The molecule has 0 aliphatic rings. The number of carbonyl (C=O) groups excluding carboxylic acids is 3. The van der Waals surface area contributed by atoms with Crippen molar-refractivity contribution in [3.8, 4) is 5.75 Å². The van der Waals surface area contributed by atoms with Crippen molar-refractivity contribution in [3.05, 3.63) is 54.1 Å². The summed E-state index contributed by atoms with van der Waals surface area (Å²) in [4.78, 5) is 36.4. The Morgan fingerprint density at radius 2 is 1.45 bits per heavy atom. The van der Waals surface area contributed by atoms with Crippen LogP contribution in [0.2, 0.25) is 0 Å². The van der Waals surface area contributed by atoms with E-state index in [0.29, 0.717) is 17.1 Å². The zero-order chi connectivity index (χ0) is 22.9. The van der Waals surface area contributed by atoms with Crippen molar-refractivity contribution in [2.24, 2.45) is 0 Å². The Hall–Kier alpha value is -3.55. The molecule has 0 aliphatic carbocycles. The Labute approximate surface area is 182 Å². The largest absolute Gasteiger partial charge is 0.496 e. The number of nitrogens with one attached hydrogen (secondary N) is 3. The van der Waals surface area contributed by atoms with E-state index in [1.807, 2.05) is 18.2 Å². The third kappa shape index (κ3) is 8.38. The molecule has 2 aromatic rings. The number of carbonyl (C=O) groups is 3. The van der Waals surface area contributed by atoms with Crippen molar-refractivity contribution in [1.29, 1.82) is 0 Å². The maximum absolute atomic E-state index is 12.5. The molecule has 31 heavy (non-hydrogen) atoms. The monoisotopic (exact) mass is 427 g/mol. The maximum atomic E-state index is 12.5. The smallest absolute Gasteiger partial charge is 0.407 e. The average Bonchev–Trinajstić information content (AvgIpc) is 2.68. The fourth-order valence-electron chi connectivity index (χ4n) is 2.72. The SMILES string of the molecule is COc1ccccc1CC(=O)Nc1ccccc1NC(=O)CCNC(=O)OC(C)(C)C. The van der Waals surface area contributed by atoms with Gasteiger partial charge in [-0.05, 0) is 39.0 Å². The second kappa shape index (κ2) is 11.0. The first-order chi connectivity index (χ1) is 14.7. The Balaban J connectivity index is 1.90. The highest BCUT2D eigenvalue weighted by molar-refractivity contribution is 6.00.